The molecule has 0 unspecified atom stereocenters. The Morgan fingerprint density at radius 2 is 1.79 bits per heavy atom. The average Bonchev–Trinajstić information content (AvgIpc) is 3.18. The third-order valence-electron chi connectivity index (χ3n) is 5.71. The third-order valence-corrected chi connectivity index (χ3v) is 5.71. The van der Waals surface area contributed by atoms with Gasteiger partial charge in [0.2, 0.25) is 5.91 Å². The van der Waals surface area contributed by atoms with E-state index in [0.717, 1.165) is 44.6 Å². The van der Waals surface area contributed by atoms with Gasteiger partial charge in [0, 0.05) is 38.7 Å². The van der Waals surface area contributed by atoms with Crippen LogP contribution in [0.4, 0.5) is 8.78 Å². The summed E-state index contributed by atoms with van der Waals surface area (Å²) < 4.78 is 26.5. The maximum atomic E-state index is 13.6. The van der Waals surface area contributed by atoms with Gasteiger partial charge in [0.05, 0.1) is 5.56 Å². The molecule has 1 N–H and O–H groups in total. The summed E-state index contributed by atoms with van der Waals surface area (Å²) in [7, 11) is 0. The molecule has 0 saturated carbocycles. The second kappa shape index (κ2) is 9.96. The lowest BCUT2D eigenvalue weighted by atomic mass is 9.96. The minimum Gasteiger partial charge on any atom is -0.352 e. The molecule has 2 aliphatic rings. The first-order valence-corrected chi connectivity index (χ1v) is 10.3. The number of piperidine rings is 1. The Kier molecular flexibility index (Phi) is 7.36. The van der Waals surface area contributed by atoms with Gasteiger partial charge in [0.25, 0.3) is 5.91 Å². The number of rotatable bonds is 7. The number of halogens is 2. The molecule has 2 heterocycles. The summed E-state index contributed by atoms with van der Waals surface area (Å²) >= 11 is 0. The molecular weight excluding hydrogens is 364 g/mol. The highest BCUT2D eigenvalue weighted by Gasteiger charge is 2.25. The first-order chi connectivity index (χ1) is 13.5. The molecule has 2 fully saturated rings. The molecule has 2 amide bonds. The number of nitrogens with zero attached hydrogens (tertiary/aromatic N) is 2. The number of amides is 2. The smallest absolute Gasteiger partial charge is 0.254 e. The van der Waals surface area contributed by atoms with Crippen LogP contribution in [0, 0.1) is 17.6 Å². The second-order valence-electron chi connectivity index (χ2n) is 7.82. The monoisotopic (exact) mass is 393 g/mol. The molecule has 5 nitrogen and oxygen atoms in total. The van der Waals surface area contributed by atoms with Gasteiger partial charge >= 0.3 is 0 Å². The van der Waals surface area contributed by atoms with Gasteiger partial charge in [-0.1, -0.05) is 0 Å². The zero-order valence-electron chi connectivity index (χ0n) is 16.3. The maximum Gasteiger partial charge on any atom is 0.254 e. The van der Waals surface area contributed by atoms with Crippen molar-refractivity contribution in [2.24, 2.45) is 5.92 Å². The number of likely N-dealkylation sites (tertiary alicyclic amines) is 2. The van der Waals surface area contributed by atoms with E-state index in [0.29, 0.717) is 24.8 Å². The molecule has 154 valence electrons. The van der Waals surface area contributed by atoms with Gasteiger partial charge in [-0.15, -0.1) is 0 Å². The van der Waals surface area contributed by atoms with Crippen molar-refractivity contribution in [3.05, 3.63) is 35.4 Å². The van der Waals surface area contributed by atoms with Gasteiger partial charge in [-0.05, 0) is 63.2 Å². The zero-order chi connectivity index (χ0) is 19.9. The van der Waals surface area contributed by atoms with E-state index in [-0.39, 0.29) is 18.0 Å². The van der Waals surface area contributed by atoms with Crippen molar-refractivity contribution >= 4 is 11.8 Å². The van der Waals surface area contributed by atoms with Crippen LogP contribution in [0.2, 0.25) is 0 Å². The van der Waals surface area contributed by atoms with Gasteiger partial charge in [0.15, 0.2) is 0 Å². The van der Waals surface area contributed by atoms with Crippen LogP contribution in [-0.4, -0.2) is 60.9 Å². The predicted octanol–water partition coefficient (Wildman–Crippen LogP) is 2.81. The van der Waals surface area contributed by atoms with Crippen LogP contribution in [0.15, 0.2) is 18.2 Å². The third kappa shape index (κ3) is 5.74. The predicted molar refractivity (Wildman–Crippen MR) is 103 cm³/mol. The van der Waals surface area contributed by atoms with Crippen molar-refractivity contribution in [1.82, 2.24) is 15.1 Å². The van der Waals surface area contributed by atoms with Gasteiger partial charge in [-0.25, -0.2) is 8.78 Å². The van der Waals surface area contributed by atoms with Crippen molar-refractivity contribution in [1.29, 1.82) is 0 Å². The maximum absolute atomic E-state index is 13.6. The van der Waals surface area contributed by atoms with E-state index < -0.39 is 17.5 Å². The normalized spacial score (nSPS) is 18.4. The van der Waals surface area contributed by atoms with Gasteiger partial charge in [-0.2, -0.15) is 0 Å². The molecule has 3 rings (SSSR count). The molecule has 0 bridgehead atoms. The van der Waals surface area contributed by atoms with Crippen LogP contribution in [-0.2, 0) is 4.79 Å². The van der Waals surface area contributed by atoms with E-state index in [9.17, 15) is 18.4 Å². The van der Waals surface area contributed by atoms with E-state index >= 15 is 0 Å². The standard InChI is InChI=1S/C21H29F2N3O2/c22-17-5-6-18(19(23)14-17)21(28)24-9-3-4-20(27)26-12-7-16(8-13-26)15-25-10-1-2-11-25/h5-6,14,16H,1-4,7-13,15H2,(H,24,28). The highest BCUT2D eigenvalue weighted by atomic mass is 19.1. The fourth-order valence-electron chi connectivity index (χ4n) is 4.06. The Bertz CT molecular complexity index is 684. The van der Waals surface area contributed by atoms with Gasteiger partial charge in [0.1, 0.15) is 11.6 Å². The summed E-state index contributed by atoms with van der Waals surface area (Å²) in [5, 5.41) is 2.59. The lowest BCUT2D eigenvalue weighted by molar-refractivity contribution is -0.132. The topological polar surface area (TPSA) is 52.7 Å². The van der Waals surface area contributed by atoms with E-state index in [1.54, 1.807) is 0 Å². The fourth-order valence-corrected chi connectivity index (χ4v) is 4.06. The molecule has 1 aromatic rings. The summed E-state index contributed by atoms with van der Waals surface area (Å²) in [5.74, 6) is -1.39. The average molecular weight is 393 g/mol. The highest BCUT2D eigenvalue weighted by molar-refractivity contribution is 5.94. The first kappa shape index (κ1) is 20.7. The van der Waals surface area contributed by atoms with Crippen molar-refractivity contribution in [3.63, 3.8) is 0 Å². The minimum absolute atomic E-state index is 0.113. The molecular formula is C21H29F2N3O2. The largest absolute Gasteiger partial charge is 0.352 e. The summed E-state index contributed by atoms with van der Waals surface area (Å²) in [5.41, 5.74) is -0.187. The Morgan fingerprint density at radius 1 is 1.07 bits per heavy atom. The fraction of sp³-hybridized carbons (Fsp3) is 0.619. The summed E-state index contributed by atoms with van der Waals surface area (Å²) in [6.07, 6.45) is 5.60. The molecule has 0 aliphatic carbocycles. The van der Waals surface area contributed by atoms with E-state index in [2.05, 4.69) is 10.2 Å². The van der Waals surface area contributed by atoms with Crippen LogP contribution >= 0.6 is 0 Å². The molecule has 2 aliphatic heterocycles. The lowest BCUT2D eigenvalue weighted by Gasteiger charge is -2.34. The van der Waals surface area contributed by atoms with E-state index in [4.69, 9.17) is 0 Å². The molecule has 1 aromatic carbocycles. The van der Waals surface area contributed by atoms with E-state index in [1.165, 1.54) is 25.9 Å². The highest BCUT2D eigenvalue weighted by Crippen LogP contribution is 2.21. The van der Waals surface area contributed by atoms with Crippen LogP contribution < -0.4 is 5.32 Å². The molecule has 28 heavy (non-hydrogen) atoms. The first-order valence-electron chi connectivity index (χ1n) is 10.3. The van der Waals surface area contributed by atoms with Crippen LogP contribution in [0.5, 0.6) is 0 Å². The van der Waals surface area contributed by atoms with Gasteiger partial charge < -0.3 is 15.1 Å². The Labute approximate surface area is 165 Å². The number of benzene rings is 1. The van der Waals surface area contributed by atoms with Crippen LogP contribution in [0.25, 0.3) is 0 Å². The molecule has 2 saturated heterocycles. The Hall–Kier alpha value is -2.02. The minimum atomic E-state index is -0.884. The SMILES string of the molecule is O=C(NCCCC(=O)N1CCC(CN2CCCC2)CC1)c1ccc(F)cc1F. The zero-order valence-corrected chi connectivity index (χ0v) is 16.3. The van der Waals surface area contributed by atoms with Crippen molar-refractivity contribution < 1.29 is 18.4 Å². The van der Waals surface area contributed by atoms with E-state index in [1.807, 2.05) is 4.90 Å². The van der Waals surface area contributed by atoms with Crippen molar-refractivity contribution in [2.75, 3.05) is 39.3 Å². The quantitative estimate of drug-likeness (QED) is 0.725. The number of carbonyl (C=O) groups excluding carboxylic acids is 2. The molecule has 0 aromatic heterocycles. The van der Waals surface area contributed by atoms with Crippen molar-refractivity contribution in [3.8, 4) is 0 Å². The number of hydrogen-bond acceptors (Lipinski definition) is 3. The summed E-state index contributed by atoms with van der Waals surface area (Å²) in [4.78, 5) is 28.7. The van der Waals surface area contributed by atoms with Crippen molar-refractivity contribution in [2.45, 2.75) is 38.5 Å². The Balaban J connectivity index is 1.32. The number of nitrogens with one attached hydrogen (secondary N) is 1. The molecule has 0 atom stereocenters. The van der Waals surface area contributed by atoms with Gasteiger partial charge in [-0.3, -0.25) is 9.59 Å². The van der Waals surface area contributed by atoms with Crippen LogP contribution in [0.1, 0.15) is 48.9 Å². The number of hydrogen-bond donors (Lipinski definition) is 1. The lowest BCUT2D eigenvalue weighted by Crippen LogP contribution is -2.41. The molecule has 0 spiro atoms. The second-order valence-corrected chi connectivity index (χ2v) is 7.82. The summed E-state index contributed by atoms with van der Waals surface area (Å²) in [6.45, 7) is 5.50. The number of carbonyl (C=O) groups is 2. The molecule has 0 radical (unpaired) electrons. The van der Waals surface area contributed by atoms with Crippen LogP contribution in [0.3, 0.4) is 0 Å². The summed E-state index contributed by atoms with van der Waals surface area (Å²) in [6, 6.07) is 2.86. The molecule has 7 heteroatoms. The Morgan fingerprint density at radius 3 is 2.46 bits per heavy atom.